The van der Waals surface area contributed by atoms with E-state index in [4.69, 9.17) is 0 Å². The third-order valence-electron chi connectivity index (χ3n) is 3.61. The molecular formula is C11H17F3N2O. The highest BCUT2D eigenvalue weighted by Crippen LogP contribution is 2.34. The summed E-state index contributed by atoms with van der Waals surface area (Å²) in [5.41, 5.74) is 0. The van der Waals surface area contributed by atoms with E-state index in [1.165, 1.54) is 4.90 Å². The van der Waals surface area contributed by atoms with E-state index in [1.54, 1.807) is 0 Å². The molecule has 2 rings (SSSR count). The Bertz CT molecular complexity index is 287. The predicted octanol–water partition coefficient (Wildman–Crippen LogP) is 1.40. The van der Waals surface area contributed by atoms with Crippen LogP contribution < -0.4 is 5.32 Å². The molecule has 98 valence electrons. The van der Waals surface area contributed by atoms with Gasteiger partial charge in [0.05, 0.1) is 11.8 Å². The number of nitrogens with one attached hydrogen (secondary N) is 1. The Morgan fingerprint density at radius 3 is 2.59 bits per heavy atom. The monoisotopic (exact) mass is 250 g/mol. The smallest absolute Gasteiger partial charge is 0.342 e. The molecule has 17 heavy (non-hydrogen) atoms. The summed E-state index contributed by atoms with van der Waals surface area (Å²) in [4.78, 5) is 13.4. The molecule has 0 radical (unpaired) electrons. The van der Waals surface area contributed by atoms with Crippen LogP contribution in [0.15, 0.2) is 0 Å². The Labute approximate surface area is 98.3 Å². The summed E-state index contributed by atoms with van der Waals surface area (Å²) in [7, 11) is 0. The van der Waals surface area contributed by atoms with E-state index < -0.39 is 12.1 Å². The van der Waals surface area contributed by atoms with Crippen molar-refractivity contribution in [1.29, 1.82) is 0 Å². The van der Waals surface area contributed by atoms with Crippen LogP contribution in [0.4, 0.5) is 13.2 Å². The minimum absolute atomic E-state index is 0.0510. The van der Waals surface area contributed by atoms with E-state index in [9.17, 15) is 18.0 Å². The molecule has 2 fully saturated rings. The van der Waals surface area contributed by atoms with Crippen molar-refractivity contribution in [2.75, 3.05) is 26.2 Å². The number of halogens is 3. The molecule has 1 amide bonds. The average molecular weight is 250 g/mol. The SMILES string of the molecule is O=C(C1CCCNC1)N1CCC(C(F)(F)F)C1. The quantitative estimate of drug-likeness (QED) is 0.763. The molecule has 2 aliphatic rings. The molecule has 2 aliphatic heterocycles. The maximum Gasteiger partial charge on any atom is 0.393 e. The second-order valence-electron chi connectivity index (χ2n) is 4.85. The number of carbonyl (C=O) groups is 1. The first-order valence-electron chi connectivity index (χ1n) is 6.04. The highest BCUT2D eigenvalue weighted by molar-refractivity contribution is 5.79. The van der Waals surface area contributed by atoms with Gasteiger partial charge in [-0.15, -0.1) is 0 Å². The molecule has 0 aromatic rings. The van der Waals surface area contributed by atoms with Crippen molar-refractivity contribution in [3.63, 3.8) is 0 Å². The second-order valence-corrected chi connectivity index (χ2v) is 4.85. The number of likely N-dealkylation sites (tertiary alicyclic amines) is 1. The molecule has 2 saturated heterocycles. The molecule has 0 aromatic heterocycles. The topological polar surface area (TPSA) is 32.3 Å². The van der Waals surface area contributed by atoms with Gasteiger partial charge in [0.15, 0.2) is 0 Å². The molecule has 2 unspecified atom stereocenters. The van der Waals surface area contributed by atoms with Crippen LogP contribution in [0.1, 0.15) is 19.3 Å². The number of amides is 1. The number of alkyl halides is 3. The van der Waals surface area contributed by atoms with Gasteiger partial charge < -0.3 is 10.2 Å². The molecule has 0 bridgehead atoms. The number of hydrogen-bond acceptors (Lipinski definition) is 2. The van der Waals surface area contributed by atoms with Crippen LogP contribution in [0.3, 0.4) is 0 Å². The van der Waals surface area contributed by atoms with Crippen molar-refractivity contribution in [2.45, 2.75) is 25.4 Å². The van der Waals surface area contributed by atoms with Crippen molar-refractivity contribution >= 4 is 5.91 Å². The van der Waals surface area contributed by atoms with Gasteiger partial charge in [-0.05, 0) is 25.8 Å². The van der Waals surface area contributed by atoms with Crippen molar-refractivity contribution in [2.24, 2.45) is 11.8 Å². The Kier molecular flexibility index (Phi) is 3.61. The zero-order chi connectivity index (χ0) is 12.5. The first-order valence-corrected chi connectivity index (χ1v) is 6.04. The van der Waals surface area contributed by atoms with E-state index in [0.717, 1.165) is 19.4 Å². The fourth-order valence-corrected chi connectivity index (χ4v) is 2.55. The normalized spacial score (nSPS) is 30.6. The van der Waals surface area contributed by atoms with Gasteiger partial charge in [-0.25, -0.2) is 0 Å². The summed E-state index contributed by atoms with van der Waals surface area (Å²) in [6, 6.07) is 0. The van der Waals surface area contributed by atoms with Crippen molar-refractivity contribution in [1.82, 2.24) is 10.2 Å². The number of piperidine rings is 1. The minimum Gasteiger partial charge on any atom is -0.342 e. The lowest BCUT2D eigenvalue weighted by Gasteiger charge is -2.27. The molecule has 3 nitrogen and oxygen atoms in total. The maximum atomic E-state index is 12.5. The van der Waals surface area contributed by atoms with Crippen molar-refractivity contribution in [3.8, 4) is 0 Å². The minimum atomic E-state index is -4.17. The summed E-state index contributed by atoms with van der Waals surface area (Å²) in [6.07, 6.45) is -2.40. The Hall–Kier alpha value is -0.780. The van der Waals surface area contributed by atoms with E-state index in [-0.39, 0.29) is 31.3 Å². The summed E-state index contributed by atoms with van der Waals surface area (Å²) < 4.78 is 37.5. The molecule has 2 atom stereocenters. The summed E-state index contributed by atoms with van der Waals surface area (Å²) in [6.45, 7) is 1.60. The largest absolute Gasteiger partial charge is 0.393 e. The fourth-order valence-electron chi connectivity index (χ4n) is 2.55. The van der Waals surface area contributed by atoms with Crippen LogP contribution in [-0.4, -0.2) is 43.2 Å². The summed E-state index contributed by atoms with van der Waals surface area (Å²) >= 11 is 0. The van der Waals surface area contributed by atoms with Gasteiger partial charge in [-0.1, -0.05) is 0 Å². The molecule has 0 spiro atoms. The lowest BCUT2D eigenvalue weighted by Crippen LogP contribution is -2.42. The highest BCUT2D eigenvalue weighted by atomic mass is 19.4. The fraction of sp³-hybridized carbons (Fsp3) is 0.909. The zero-order valence-corrected chi connectivity index (χ0v) is 9.59. The lowest BCUT2D eigenvalue weighted by molar-refractivity contribution is -0.171. The molecule has 1 N–H and O–H groups in total. The molecule has 2 heterocycles. The van der Waals surface area contributed by atoms with Crippen molar-refractivity contribution < 1.29 is 18.0 Å². The second kappa shape index (κ2) is 4.84. The number of hydrogen-bond donors (Lipinski definition) is 1. The van der Waals surface area contributed by atoms with Gasteiger partial charge in [-0.3, -0.25) is 4.79 Å². The first-order chi connectivity index (χ1) is 7.98. The predicted molar refractivity (Wildman–Crippen MR) is 56.3 cm³/mol. The summed E-state index contributed by atoms with van der Waals surface area (Å²) in [5, 5.41) is 3.11. The third-order valence-corrected chi connectivity index (χ3v) is 3.61. The van der Waals surface area contributed by atoms with Gasteiger partial charge in [0.2, 0.25) is 5.91 Å². The molecule has 6 heteroatoms. The van der Waals surface area contributed by atoms with Gasteiger partial charge in [-0.2, -0.15) is 13.2 Å². The Balaban J connectivity index is 1.89. The average Bonchev–Trinajstić information content (AvgIpc) is 2.78. The molecule has 0 aliphatic carbocycles. The Morgan fingerprint density at radius 1 is 1.29 bits per heavy atom. The van der Waals surface area contributed by atoms with Crippen LogP contribution in [0.25, 0.3) is 0 Å². The van der Waals surface area contributed by atoms with Crippen LogP contribution in [0, 0.1) is 11.8 Å². The highest BCUT2D eigenvalue weighted by Gasteiger charge is 2.45. The Morgan fingerprint density at radius 2 is 2.06 bits per heavy atom. The molecule has 0 aromatic carbocycles. The van der Waals surface area contributed by atoms with E-state index in [2.05, 4.69) is 5.32 Å². The third kappa shape index (κ3) is 2.91. The first kappa shape index (κ1) is 12.7. The number of rotatable bonds is 1. The molecular weight excluding hydrogens is 233 g/mol. The maximum absolute atomic E-state index is 12.5. The van der Waals surface area contributed by atoms with Crippen LogP contribution in [0.2, 0.25) is 0 Å². The lowest BCUT2D eigenvalue weighted by atomic mass is 9.98. The van der Waals surface area contributed by atoms with E-state index in [0.29, 0.717) is 6.54 Å². The number of carbonyl (C=O) groups excluding carboxylic acids is 1. The van der Waals surface area contributed by atoms with Crippen LogP contribution >= 0.6 is 0 Å². The standard InChI is InChI=1S/C11H17F3N2O/c12-11(13,14)9-3-5-16(7-9)10(17)8-2-1-4-15-6-8/h8-9,15H,1-7H2. The molecule has 0 saturated carbocycles. The summed E-state index contributed by atoms with van der Waals surface area (Å²) in [5.74, 6) is -1.57. The van der Waals surface area contributed by atoms with E-state index in [1.807, 2.05) is 0 Å². The van der Waals surface area contributed by atoms with Gasteiger partial charge in [0, 0.05) is 19.6 Å². The van der Waals surface area contributed by atoms with Crippen LogP contribution in [0.5, 0.6) is 0 Å². The van der Waals surface area contributed by atoms with Gasteiger partial charge in [0.25, 0.3) is 0 Å². The van der Waals surface area contributed by atoms with E-state index >= 15 is 0 Å². The van der Waals surface area contributed by atoms with Gasteiger partial charge >= 0.3 is 6.18 Å². The zero-order valence-electron chi connectivity index (χ0n) is 9.59. The van der Waals surface area contributed by atoms with Crippen LogP contribution in [-0.2, 0) is 4.79 Å². The van der Waals surface area contributed by atoms with Crippen molar-refractivity contribution in [3.05, 3.63) is 0 Å². The number of nitrogens with zero attached hydrogens (tertiary/aromatic N) is 1. The van der Waals surface area contributed by atoms with Gasteiger partial charge in [0.1, 0.15) is 0 Å².